The number of benzene rings is 2. The molecule has 20 heavy (non-hydrogen) atoms. The quantitative estimate of drug-likeness (QED) is 0.695. The number of carbonyl (C=O) groups is 1. The van der Waals surface area contributed by atoms with Gasteiger partial charge in [-0.1, -0.05) is 11.6 Å². The number of halogens is 2. The summed E-state index contributed by atoms with van der Waals surface area (Å²) in [6, 6.07) is 7.27. The van der Waals surface area contributed by atoms with E-state index in [0.717, 1.165) is 0 Å². The Hall–Kier alpha value is -2.07. The van der Waals surface area contributed by atoms with Gasteiger partial charge >= 0.3 is 0 Å². The summed E-state index contributed by atoms with van der Waals surface area (Å²) in [4.78, 5) is 12.3. The fourth-order valence-electron chi connectivity index (χ4n) is 1.81. The standard InChI is InChI=1S/C15H13ClFNO2/c1-8-12(17)6-10(7-13(8)18)15(19)9-3-4-14(20-2)11(16)5-9/h3-7H,18H2,1-2H3. The van der Waals surface area contributed by atoms with Crippen LogP contribution in [0.2, 0.25) is 5.02 Å². The highest BCUT2D eigenvalue weighted by molar-refractivity contribution is 6.32. The third-order valence-corrected chi connectivity index (χ3v) is 3.36. The Morgan fingerprint density at radius 1 is 1.25 bits per heavy atom. The summed E-state index contributed by atoms with van der Waals surface area (Å²) < 4.78 is 18.7. The predicted octanol–water partition coefficient (Wildman–Crippen LogP) is 3.61. The highest BCUT2D eigenvalue weighted by atomic mass is 35.5. The highest BCUT2D eigenvalue weighted by Crippen LogP contribution is 2.27. The van der Waals surface area contributed by atoms with Crippen molar-refractivity contribution < 1.29 is 13.9 Å². The number of methoxy groups -OCH3 is 1. The molecule has 2 rings (SSSR count). The molecule has 0 unspecified atom stereocenters. The molecule has 0 atom stereocenters. The van der Waals surface area contributed by atoms with Crippen LogP contribution in [0.25, 0.3) is 0 Å². The van der Waals surface area contributed by atoms with Crippen molar-refractivity contribution in [2.24, 2.45) is 0 Å². The second-order valence-electron chi connectivity index (χ2n) is 4.35. The molecule has 0 aliphatic heterocycles. The molecule has 2 N–H and O–H groups in total. The molecule has 0 saturated heterocycles. The smallest absolute Gasteiger partial charge is 0.193 e. The number of ketones is 1. The van der Waals surface area contributed by atoms with E-state index >= 15 is 0 Å². The maximum atomic E-state index is 13.6. The zero-order valence-electron chi connectivity index (χ0n) is 11.0. The van der Waals surface area contributed by atoms with E-state index < -0.39 is 5.82 Å². The maximum absolute atomic E-state index is 13.6. The Balaban J connectivity index is 2.44. The van der Waals surface area contributed by atoms with Gasteiger partial charge in [0.2, 0.25) is 0 Å². The third-order valence-electron chi connectivity index (χ3n) is 3.06. The lowest BCUT2D eigenvalue weighted by molar-refractivity contribution is 0.103. The Labute approximate surface area is 121 Å². The average Bonchev–Trinajstić information content (AvgIpc) is 2.43. The molecule has 0 amide bonds. The fraction of sp³-hybridized carbons (Fsp3) is 0.133. The van der Waals surface area contributed by atoms with Gasteiger partial charge in [-0.3, -0.25) is 4.79 Å². The molecule has 0 fully saturated rings. The summed E-state index contributed by atoms with van der Waals surface area (Å²) in [5, 5.41) is 0.318. The zero-order chi connectivity index (χ0) is 14.9. The van der Waals surface area contributed by atoms with Crippen molar-refractivity contribution in [2.75, 3.05) is 12.8 Å². The SMILES string of the molecule is COc1ccc(C(=O)c2cc(N)c(C)c(F)c2)cc1Cl. The normalized spacial score (nSPS) is 10.4. The minimum atomic E-state index is -0.507. The van der Waals surface area contributed by atoms with Crippen LogP contribution < -0.4 is 10.5 Å². The minimum Gasteiger partial charge on any atom is -0.495 e. The number of hydrogen-bond acceptors (Lipinski definition) is 3. The number of nitrogen functional groups attached to an aromatic ring is 1. The van der Waals surface area contributed by atoms with Gasteiger partial charge in [-0.15, -0.1) is 0 Å². The van der Waals surface area contributed by atoms with E-state index in [-0.39, 0.29) is 17.0 Å². The van der Waals surface area contributed by atoms with E-state index in [2.05, 4.69) is 0 Å². The van der Waals surface area contributed by atoms with Crippen molar-refractivity contribution in [2.45, 2.75) is 6.92 Å². The van der Waals surface area contributed by atoms with Gasteiger partial charge in [-0.2, -0.15) is 0 Å². The summed E-state index contributed by atoms with van der Waals surface area (Å²) in [6.45, 7) is 1.56. The van der Waals surface area contributed by atoms with Crippen LogP contribution in [0.1, 0.15) is 21.5 Å². The van der Waals surface area contributed by atoms with Crippen molar-refractivity contribution in [3.8, 4) is 5.75 Å². The molecule has 2 aromatic carbocycles. The number of hydrogen-bond donors (Lipinski definition) is 1. The van der Waals surface area contributed by atoms with Crippen LogP contribution >= 0.6 is 11.6 Å². The summed E-state index contributed by atoms with van der Waals surface area (Å²) >= 11 is 5.97. The highest BCUT2D eigenvalue weighted by Gasteiger charge is 2.14. The van der Waals surface area contributed by atoms with Crippen LogP contribution in [0, 0.1) is 12.7 Å². The molecule has 0 spiro atoms. The van der Waals surface area contributed by atoms with Crippen LogP contribution in [0.3, 0.4) is 0 Å². The van der Waals surface area contributed by atoms with E-state index in [1.54, 1.807) is 19.1 Å². The molecule has 104 valence electrons. The van der Waals surface area contributed by atoms with Crippen LogP contribution in [0.5, 0.6) is 5.75 Å². The first-order valence-electron chi connectivity index (χ1n) is 5.88. The van der Waals surface area contributed by atoms with E-state index in [0.29, 0.717) is 21.9 Å². The lowest BCUT2D eigenvalue weighted by atomic mass is 10.0. The first kappa shape index (κ1) is 14.3. The molecular weight excluding hydrogens is 281 g/mol. The van der Waals surface area contributed by atoms with E-state index in [4.69, 9.17) is 22.1 Å². The van der Waals surface area contributed by atoms with Gasteiger partial charge in [0.1, 0.15) is 11.6 Å². The van der Waals surface area contributed by atoms with Crippen LogP contribution in [0.15, 0.2) is 30.3 Å². The molecule has 3 nitrogen and oxygen atoms in total. The molecule has 0 bridgehead atoms. The van der Waals surface area contributed by atoms with E-state index in [1.165, 1.54) is 25.3 Å². The maximum Gasteiger partial charge on any atom is 0.193 e. The van der Waals surface area contributed by atoms with Gasteiger partial charge in [-0.25, -0.2) is 4.39 Å². The monoisotopic (exact) mass is 293 g/mol. The first-order chi connectivity index (χ1) is 9.43. The zero-order valence-corrected chi connectivity index (χ0v) is 11.8. The number of ether oxygens (including phenoxy) is 1. The summed E-state index contributed by atoms with van der Waals surface area (Å²) in [6.07, 6.45) is 0. The molecule has 0 radical (unpaired) electrons. The molecule has 2 aromatic rings. The summed E-state index contributed by atoms with van der Waals surface area (Å²) in [5.74, 6) is -0.383. The van der Waals surface area contributed by atoms with Crippen LogP contribution in [-0.2, 0) is 0 Å². The van der Waals surface area contributed by atoms with Crippen LogP contribution in [-0.4, -0.2) is 12.9 Å². The molecule has 0 aromatic heterocycles. The molecule has 0 aliphatic rings. The topological polar surface area (TPSA) is 52.3 Å². The third kappa shape index (κ3) is 2.60. The predicted molar refractivity (Wildman–Crippen MR) is 77.0 cm³/mol. The number of nitrogens with two attached hydrogens (primary N) is 1. The number of carbonyl (C=O) groups excluding carboxylic acids is 1. The van der Waals surface area contributed by atoms with Gasteiger partial charge in [0.05, 0.1) is 12.1 Å². The molecule has 0 heterocycles. The van der Waals surface area contributed by atoms with Gasteiger partial charge in [0.15, 0.2) is 5.78 Å². The van der Waals surface area contributed by atoms with Gasteiger partial charge in [0, 0.05) is 22.4 Å². The van der Waals surface area contributed by atoms with Crippen molar-refractivity contribution in [3.05, 3.63) is 57.9 Å². The fourth-order valence-corrected chi connectivity index (χ4v) is 2.06. The van der Waals surface area contributed by atoms with Crippen molar-refractivity contribution in [3.63, 3.8) is 0 Å². The molecular formula is C15H13ClFNO2. The van der Waals surface area contributed by atoms with Crippen molar-refractivity contribution in [1.82, 2.24) is 0 Å². The van der Waals surface area contributed by atoms with Gasteiger partial charge < -0.3 is 10.5 Å². The Morgan fingerprint density at radius 2 is 1.95 bits per heavy atom. The summed E-state index contributed by atoms with van der Waals surface area (Å²) in [7, 11) is 1.48. The Bertz CT molecular complexity index is 663. The Morgan fingerprint density at radius 3 is 2.50 bits per heavy atom. The average molecular weight is 294 g/mol. The van der Waals surface area contributed by atoms with Crippen LogP contribution in [0.4, 0.5) is 10.1 Å². The van der Waals surface area contributed by atoms with Crippen molar-refractivity contribution >= 4 is 23.1 Å². The summed E-state index contributed by atoms with van der Waals surface area (Å²) in [5.41, 5.74) is 6.78. The lowest BCUT2D eigenvalue weighted by Crippen LogP contribution is -2.05. The van der Waals surface area contributed by atoms with E-state index in [1.807, 2.05) is 0 Å². The molecule has 5 heteroatoms. The van der Waals surface area contributed by atoms with Gasteiger partial charge in [-0.05, 0) is 37.3 Å². The first-order valence-corrected chi connectivity index (χ1v) is 6.25. The number of rotatable bonds is 3. The Kier molecular flexibility index (Phi) is 3.95. The van der Waals surface area contributed by atoms with Gasteiger partial charge in [0.25, 0.3) is 0 Å². The number of anilines is 1. The molecule has 0 aliphatic carbocycles. The second kappa shape index (κ2) is 5.51. The lowest BCUT2D eigenvalue weighted by Gasteiger charge is -2.08. The van der Waals surface area contributed by atoms with E-state index in [9.17, 15) is 9.18 Å². The minimum absolute atomic E-state index is 0.187. The second-order valence-corrected chi connectivity index (χ2v) is 4.76. The largest absolute Gasteiger partial charge is 0.495 e. The van der Waals surface area contributed by atoms with Crippen molar-refractivity contribution in [1.29, 1.82) is 0 Å². The molecule has 0 saturated carbocycles.